The van der Waals surface area contributed by atoms with Crippen molar-refractivity contribution in [1.82, 2.24) is 14.8 Å². The highest BCUT2D eigenvalue weighted by molar-refractivity contribution is 8.00. The molecule has 9 heteroatoms. The van der Waals surface area contributed by atoms with E-state index in [-0.39, 0.29) is 5.56 Å². The van der Waals surface area contributed by atoms with E-state index in [0.717, 1.165) is 24.9 Å². The Morgan fingerprint density at radius 1 is 1.36 bits per heavy atom. The fourth-order valence-corrected chi connectivity index (χ4v) is 2.86. The molecule has 0 unspecified atom stereocenters. The Bertz CT molecular complexity index is 673. The van der Waals surface area contributed by atoms with Crippen molar-refractivity contribution >= 4 is 17.7 Å². The summed E-state index contributed by atoms with van der Waals surface area (Å²) in [7, 11) is 2.76. The van der Waals surface area contributed by atoms with E-state index < -0.39 is 23.0 Å². The van der Waals surface area contributed by atoms with Gasteiger partial charge in [0.2, 0.25) is 0 Å². The lowest BCUT2D eigenvalue weighted by Gasteiger charge is -2.19. The van der Waals surface area contributed by atoms with Crippen LogP contribution in [0.1, 0.15) is 16.4 Å². The molecule has 22 heavy (non-hydrogen) atoms. The number of methoxy groups -OCH3 is 1. The lowest BCUT2D eigenvalue weighted by atomic mass is 10.0. The molecule has 118 valence electrons. The maximum absolute atomic E-state index is 13.1. The number of ether oxygens (including phenoxy) is 1. The molecule has 0 fully saturated rings. The smallest absolute Gasteiger partial charge is 0.416 e. The van der Waals surface area contributed by atoms with Crippen molar-refractivity contribution in [3.63, 3.8) is 0 Å². The number of carbonyl (C=O) groups excluding carboxylic acids is 1. The summed E-state index contributed by atoms with van der Waals surface area (Å²) in [4.78, 5) is 12.0. The number of carbonyl (C=O) groups is 1. The highest BCUT2D eigenvalue weighted by atomic mass is 32.2. The van der Waals surface area contributed by atoms with Crippen LogP contribution in [0.5, 0.6) is 0 Å². The molecule has 0 saturated heterocycles. The van der Waals surface area contributed by atoms with Crippen LogP contribution in [0.3, 0.4) is 0 Å². The maximum Gasteiger partial charge on any atom is 0.416 e. The molecular weight excluding hydrogens is 319 g/mol. The number of hydrogen-bond acceptors (Lipinski definition) is 5. The molecule has 5 nitrogen and oxygen atoms in total. The van der Waals surface area contributed by atoms with Crippen molar-refractivity contribution in [3.8, 4) is 0 Å². The third-order valence-electron chi connectivity index (χ3n) is 2.86. The summed E-state index contributed by atoms with van der Waals surface area (Å²) in [5.41, 5.74) is -1.05. The van der Waals surface area contributed by atoms with Gasteiger partial charge in [0.25, 0.3) is 0 Å². The average molecular weight is 331 g/mol. The van der Waals surface area contributed by atoms with Crippen LogP contribution in [0.4, 0.5) is 13.2 Å². The van der Waals surface area contributed by atoms with Gasteiger partial charge in [0.15, 0.2) is 5.16 Å². The fraction of sp³-hybridized carbons (Fsp3) is 0.308. The van der Waals surface area contributed by atoms with E-state index in [1.165, 1.54) is 29.1 Å². The number of nitrogens with zero attached hydrogens (tertiary/aromatic N) is 3. The van der Waals surface area contributed by atoms with Crippen molar-refractivity contribution in [2.45, 2.75) is 16.6 Å². The Labute approximate surface area is 128 Å². The predicted octanol–water partition coefficient (Wildman–Crippen LogP) is 2.84. The van der Waals surface area contributed by atoms with Gasteiger partial charge >= 0.3 is 12.1 Å². The summed E-state index contributed by atoms with van der Waals surface area (Å²) in [5.74, 6) is -0.787. The summed E-state index contributed by atoms with van der Waals surface area (Å²) < 4.78 is 45.6. The van der Waals surface area contributed by atoms with Crippen molar-refractivity contribution in [2.75, 3.05) is 7.11 Å². The second-order valence-corrected chi connectivity index (χ2v) is 5.40. The number of hydrogen-bond donors (Lipinski definition) is 0. The third kappa shape index (κ3) is 3.41. The van der Waals surface area contributed by atoms with E-state index in [1.54, 1.807) is 7.05 Å². The first-order valence-electron chi connectivity index (χ1n) is 6.09. The lowest BCUT2D eigenvalue weighted by molar-refractivity contribution is -0.141. The molecule has 2 rings (SSSR count). The molecule has 0 saturated carbocycles. The minimum atomic E-state index is -4.57. The van der Waals surface area contributed by atoms with Gasteiger partial charge < -0.3 is 9.30 Å². The van der Waals surface area contributed by atoms with E-state index >= 15 is 0 Å². The quantitative estimate of drug-likeness (QED) is 0.637. The molecule has 0 amide bonds. The molecule has 0 bridgehead atoms. The molecular formula is C13H12F3N3O2S. The first kappa shape index (κ1) is 16.3. The highest BCUT2D eigenvalue weighted by Crippen LogP contribution is 2.41. The van der Waals surface area contributed by atoms with E-state index in [0.29, 0.717) is 5.16 Å². The molecule has 1 atom stereocenters. The predicted molar refractivity (Wildman–Crippen MR) is 73.1 cm³/mol. The summed E-state index contributed by atoms with van der Waals surface area (Å²) in [6.07, 6.45) is -3.17. The maximum atomic E-state index is 13.1. The lowest BCUT2D eigenvalue weighted by Crippen LogP contribution is -2.17. The molecule has 0 aliphatic carbocycles. The molecule has 1 aromatic heterocycles. The summed E-state index contributed by atoms with van der Waals surface area (Å²) in [6.45, 7) is 0. The van der Waals surface area contributed by atoms with Crippen molar-refractivity contribution < 1.29 is 22.7 Å². The van der Waals surface area contributed by atoms with E-state index in [9.17, 15) is 18.0 Å². The van der Waals surface area contributed by atoms with E-state index in [2.05, 4.69) is 14.9 Å². The molecule has 1 aromatic carbocycles. The summed E-state index contributed by atoms with van der Waals surface area (Å²) >= 11 is 0.853. The average Bonchev–Trinajstić information content (AvgIpc) is 2.88. The first-order chi connectivity index (χ1) is 10.3. The normalized spacial score (nSPS) is 13.0. The minimum absolute atomic E-state index is 0.171. The Hall–Kier alpha value is -2.03. The molecule has 1 heterocycles. The number of thioether (sulfide) groups is 1. The second-order valence-electron chi connectivity index (χ2n) is 4.33. The van der Waals surface area contributed by atoms with Gasteiger partial charge in [-0.15, -0.1) is 10.2 Å². The van der Waals surface area contributed by atoms with Gasteiger partial charge in [0.05, 0.1) is 12.7 Å². The van der Waals surface area contributed by atoms with Crippen LogP contribution in [-0.4, -0.2) is 27.8 Å². The van der Waals surface area contributed by atoms with Crippen LogP contribution in [-0.2, 0) is 22.8 Å². The Morgan fingerprint density at radius 2 is 2.05 bits per heavy atom. The zero-order valence-electron chi connectivity index (χ0n) is 11.7. The zero-order chi connectivity index (χ0) is 16.3. The SMILES string of the molecule is COC(=O)[C@@H](Sc1nncn1C)c1ccccc1C(F)(F)F. The van der Waals surface area contributed by atoms with E-state index in [1.807, 2.05) is 0 Å². The number of esters is 1. The standard InChI is InChI=1S/C13H12F3N3O2S/c1-19-7-17-18-12(19)22-10(11(20)21-2)8-5-3-4-6-9(8)13(14,15)16/h3-7,10H,1-2H3/t10-/m0/s1. The van der Waals surface area contributed by atoms with Crippen molar-refractivity contribution in [3.05, 3.63) is 41.7 Å². The number of alkyl halides is 3. The van der Waals surface area contributed by atoms with Gasteiger partial charge in [-0.25, -0.2) is 0 Å². The Morgan fingerprint density at radius 3 is 2.59 bits per heavy atom. The molecule has 2 aromatic rings. The van der Waals surface area contributed by atoms with Gasteiger partial charge in [-0.3, -0.25) is 4.79 Å². The highest BCUT2D eigenvalue weighted by Gasteiger charge is 2.38. The van der Waals surface area contributed by atoms with Gasteiger partial charge in [-0.1, -0.05) is 30.0 Å². The monoisotopic (exact) mass is 331 g/mol. The fourth-order valence-electron chi connectivity index (χ4n) is 1.81. The van der Waals surface area contributed by atoms with Gasteiger partial charge in [0.1, 0.15) is 11.6 Å². The second kappa shape index (κ2) is 6.39. The number of aryl methyl sites for hydroxylation is 1. The van der Waals surface area contributed by atoms with Crippen LogP contribution >= 0.6 is 11.8 Å². The van der Waals surface area contributed by atoms with Gasteiger partial charge in [-0.05, 0) is 11.6 Å². The van der Waals surface area contributed by atoms with Crippen LogP contribution in [0.2, 0.25) is 0 Å². The van der Waals surface area contributed by atoms with Crippen molar-refractivity contribution in [2.24, 2.45) is 7.05 Å². The number of benzene rings is 1. The number of aromatic nitrogens is 3. The van der Waals surface area contributed by atoms with E-state index in [4.69, 9.17) is 0 Å². The summed E-state index contributed by atoms with van der Waals surface area (Å²) in [5, 5.41) is 6.54. The van der Waals surface area contributed by atoms with Crippen molar-refractivity contribution in [1.29, 1.82) is 0 Å². The van der Waals surface area contributed by atoms with Crippen LogP contribution < -0.4 is 0 Å². The third-order valence-corrected chi connectivity index (χ3v) is 4.12. The van der Waals surface area contributed by atoms with Gasteiger partial charge in [0, 0.05) is 7.05 Å². The minimum Gasteiger partial charge on any atom is -0.468 e. The molecule has 0 aliphatic heterocycles. The topological polar surface area (TPSA) is 57.0 Å². The first-order valence-corrected chi connectivity index (χ1v) is 6.97. The molecule has 0 aliphatic rings. The van der Waals surface area contributed by atoms with Gasteiger partial charge in [-0.2, -0.15) is 13.2 Å². The molecule has 0 radical (unpaired) electrons. The zero-order valence-corrected chi connectivity index (χ0v) is 12.5. The van der Waals surface area contributed by atoms with Crippen LogP contribution in [0, 0.1) is 0 Å². The number of rotatable bonds is 4. The Balaban J connectivity index is 2.47. The Kier molecular flexibility index (Phi) is 4.74. The number of halogens is 3. The van der Waals surface area contributed by atoms with Crippen LogP contribution in [0.25, 0.3) is 0 Å². The van der Waals surface area contributed by atoms with Crippen LogP contribution in [0.15, 0.2) is 35.7 Å². The molecule has 0 N–H and O–H groups in total. The summed E-state index contributed by atoms with van der Waals surface area (Å²) in [6, 6.07) is 4.90. The largest absolute Gasteiger partial charge is 0.468 e. The molecule has 0 spiro atoms.